The van der Waals surface area contributed by atoms with Crippen molar-refractivity contribution in [2.75, 3.05) is 0 Å². The average molecular weight is 250 g/mol. The van der Waals surface area contributed by atoms with Gasteiger partial charge >= 0.3 is 29.2 Å². The molecule has 0 unspecified atom stereocenters. The fourth-order valence-corrected chi connectivity index (χ4v) is 0. The van der Waals surface area contributed by atoms with Crippen molar-refractivity contribution in [2.45, 2.75) is 0 Å². The minimum Gasteiger partial charge on any atom is -1.00 e. The van der Waals surface area contributed by atoms with Crippen LogP contribution in [0.15, 0.2) is 0 Å². The first-order chi connectivity index (χ1) is 1.73. The zero-order valence-corrected chi connectivity index (χ0v) is 7.21. The quantitative estimate of drug-likeness (QED) is 0.460. The van der Waals surface area contributed by atoms with Crippen LogP contribution in [0.1, 0.15) is 2.85 Å². The van der Waals surface area contributed by atoms with Crippen LogP contribution in [-0.4, -0.2) is 55.8 Å². The Kier molecular flexibility index (Phi) is 228. The molecule has 0 aliphatic rings. The summed E-state index contributed by atoms with van der Waals surface area (Å²) in [7, 11) is 0. The Morgan fingerprint density at radius 3 is 1.11 bits per heavy atom. The van der Waals surface area contributed by atoms with Crippen LogP contribution in [0.25, 0.3) is 0 Å². The monoisotopic (exact) mass is 249 g/mol. The van der Waals surface area contributed by atoms with E-state index in [0.29, 0.717) is 0 Å². The molecule has 0 aromatic carbocycles. The summed E-state index contributed by atoms with van der Waals surface area (Å²) < 4.78 is 0. The zero-order chi connectivity index (χ0) is 3.58. The predicted octanol–water partition coefficient (Wildman–Crippen LogP) is -2.41. The van der Waals surface area contributed by atoms with E-state index < -0.39 is 6.16 Å². The maximum absolute atomic E-state index is 8.56. The molecule has 0 amide bonds. The van der Waals surface area contributed by atoms with Crippen LogP contribution in [0.3, 0.4) is 0 Å². The van der Waals surface area contributed by atoms with Crippen LogP contribution in [-0.2, 0) is 22.4 Å². The Morgan fingerprint density at radius 1 is 1.11 bits per heavy atom. The Morgan fingerprint density at radius 2 is 1.11 bits per heavy atom. The second kappa shape index (κ2) is 38.0. The summed E-state index contributed by atoms with van der Waals surface area (Å²) in [6.07, 6.45) is -1.83. The first-order valence-electron chi connectivity index (χ1n) is 0.651. The van der Waals surface area contributed by atoms with Gasteiger partial charge in [0.2, 0.25) is 0 Å². The van der Waals surface area contributed by atoms with Crippen molar-refractivity contribution >= 4 is 29.2 Å². The summed E-state index contributed by atoms with van der Waals surface area (Å²) in [6, 6.07) is 0. The van der Waals surface area contributed by atoms with E-state index in [1.54, 1.807) is 0 Å². The number of carboxylic acid groups (broad SMARTS) is 2. The van der Waals surface area contributed by atoms with Gasteiger partial charge in [-0.2, -0.15) is 0 Å². The smallest absolute Gasteiger partial charge is 1.00 e. The van der Waals surface area contributed by atoms with Crippen LogP contribution >= 0.6 is 0 Å². The van der Waals surface area contributed by atoms with Gasteiger partial charge in [0.1, 0.15) is 0 Å². The van der Waals surface area contributed by atoms with Crippen molar-refractivity contribution < 1.29 is 56.7 Å². The molecule has 63 valence electrons. The third-order valence-corrected chi connectivity index (χ3v) is 0. The van der Waals surface area contributed by atoms with Gasteiger partial charge in [-0.1, -0.05) is 0 Å². The molecule has 0 fully saturated rings. The molecule has 8 heteroatoms. The zero-order valence-electron chi connectivity index (χ0n) is 6.31. The second-order valence-corrected chi connectivity index (χ2v) is 0.283. The summed E-state index contributed by atoms with van der Waals surface area (Å²) in [6.45, 7) is 0. The summed E-state index contributed by atoms with van der Waals surface area (Å²) >= 11 is 0. The molecule has 0 saturated heterocycles. The summed E-state index contributed by atoms with van der Waals surface area (Å²) in [5.74, 6) is 0. The largest absolute Gasteiger partial charge is 2.00 e. The minimum absolute atomic E-state index is 0. The molecule has 8 N–H and O–H groups in total. The van der Waals surface area contributed by atoms with Crippen molar-refractivity contribution in [3.8, 4) is 0 Å². The van der Waals surface area contributed by atoms with Gasteiger partial charge in [0.25, 0.3) is 0 Å². The van der Waals surface area contributed by atoms with Crippen LogP contribution in [0, 0.1) is 0 Å². The first kappa shape index (κ1) is 54.1. The summed E-state index contributed by atoms with van der Waals surface area (Å²) in [4.78, 5) is 8.56. The van der Waals surface area contributed by atoms with Gasteiger partial charge in [0, 0.05) is 22.4 Å². The Balaban J connectivity index is -0.00000000214. The standard InChI is InChI=1S/CH2O3.Ag.Mg.3H2O.2H/c2-1(3)4;;;;;;;/h(H2,2,3,4);;;3*1H2;;/q;;+2;;;;2*-1. The molecular weight excluding hydrogens is 240 g/mol. The van der Waals surface area contributed by atoms with Crippen LogP contribution < -0.4 is 0 Å². The fraction of sp³-hybridized carbons (Fsp3) is 0. The number of carbonyl (C=O) groups is 1. The van der Waals surface area contributed by atoms with E-state index >= 15 is 0 Å². The van der Waals surface area contributed by atoms with E-state index in [1.807, 2.05) is 0 Å². The minimum atomic E-state index is -1.83. The van der Waals surface area contributed by atoms with Crippen molar-refractivity contribution in [3.05, 3.63) is 0 Å². The number of hydrogen-bond acceptors (Lipinski definition) is 1. The van der Waals surface area contributed by atoms with E-state index in [0.717, 1.165) is 0 Å². The molecule has 6 nitrogen and oxygen atoms in total. The van der Waals surface area contributed by atoms with Gasteiger partial charge in [-0.15, -0.1) is 0 Å². The molecular formula is CH10AgMgO6. The van der Waals surface area contributed by atoms with Gasteiger partial charge in [0.05, 0.1) is 0 Å². The van der Waals surface area contributed by atoms with Crippen molar-refractivity contribution in [2.24, 2.45) is 0 Å². The molecule has 0 rings (SSSR count). The molecule has 0 spiro atoms. The summed E-state index contributed by atoms with van der Waals surface area (Å²) in [5, 5.41) is 13.9. The van der Waals surface area contributed by atoms with Gasteiger partial charge in [-0.3, -0.25) is 0 Å². The Bertz CT molecular complexity index is 43.6. The van der Waals surface area contributed by atoms with E-state index in [-0.39, 0.29) is 64.7 Å². The van der Waals surface area contributed by atoms with E-state index in [4.69, 9.17) is 15.0 Å². The SMILES string of the molecule is O.O.O.O=C(O)O.[Ag].[H-].[H-].[Mg+2]. The van der Waals surface area contributed by atoms with Gasteiger partial charge in [-0.25, -0.2) is 4.79 Å². The van der Waals surface area contributed by atoms with Crippen LogP contribution in [0.5, 0.6) is 0 Å². The predicted molar refractivity (Wildman–Crippen MR) is 29.5 cm³/mol. The molecule has 0 aliphatic carbocycles. The van der Waals surface area contributed by atoms with E-state index in [1.165, 1.54) is 0 Å². The molecule has 0 heterocycles. The molecule has 1 radical (unpaired) electrons. The molecule has 0 bridgehead atoms. The van der Waals surface area contributed by atoms with Crippen molar-refractivity contribution in [3.63, 3.8) is 0 Å². The molecule has 9 heavy (non-hydrogen) atoms. The fourth-order valence-electron chi connectivity index (χ4n) is 0. The molecule has 0 aliphatic heterocycles. The average Bonchev–Trinajstić information content (AvgIpc) is 0.811. The van der Waals surface area contributed by atoms with Gasteiger partial charge in [0.15, 0.2) is 0 Å². The van der Waals surface area contributed by atoms with Gasteiger partial charge < -0.3 is 29.5 Å². The first-order valence-corrected chi connectivity index (χ1v) is 0.651. The molecule has 0 aromatic heterocycles. The third kappa shape index (κ3) is 890. The molecule has 0 atom stereocenters. The molecule has 0 saturated carbocycles. The van der Waals surface area contributed by atoms with E-state index in [2.05, 4.69) is 0 Å². The van der Waals surface area contributed by atoms with Gasteiger partial charge in [-0.05, 0) is 0 Å². The maximum atomic E-state index is 8.56. The second-order valence-electron chi connectivity index (χ2n) is 0.283. The maximum Gasteiger partial charge on any atom is 2.00 e. The Labute approximate surface area is 85.8 Å². The number of hydrogen-bond donors (Lipinski definition) is 2. The van der Waals surface area contributed by atoms with Crippen LogP contribution in [0.4, 0.5) is 4.79 Å². The molecule has 0 aromatic rings. The number of rotatable bonds is 0. The third-order valence-electron chi connectivity index (χ3n) is 0. The van der Waals surface area contributed by atoms with Crippen molar-refractivity contribution in [1.82, 2.24) is 0 Å². The van der Waals surface area contributed by atoms with E-state index in [9.17, 15) is 0 Å². The topological polar surface area (TPSA) is 152 Å². The van der Waals surface area contributed by atoms with Crippen LogP contribution in [0.2, 0.25) is 0 Å². The normalized spacial score (nSPS) is 2.67. The van der Waals surface area contributed by atoms with Crippen molar-refractivity contribution in [1.29, 1.82) is 0 Å². The Hall–Kier alpha value is 0.656. The summed E-state index contributed by atoms with van der Waals surface area (Å²) in [5.41, 5.74) is 0.